The average molecular weight is 514 g/mol. The summed E-state index contributed by atoms with van der Waals surface area (Å²) >= 11 is 4.26. The second kappa shape index (κ2) is 10.9. The molecule has 0 saturated carbocycles. The highest BCUT2D eigenvalue weighted by molar-refractivity contribution is 7.99. The van der Waals surface area contributed by atoms with Gasteiger partial charge >= 0.3 is 5.97 Å². The van der Waals surface area contributed by atoms with E-state index in [-0.39, 0.29) is 24.1 Å². The molecule has 0 unspecified atom stereocenters. The number of amides is 1. The highest BCUT2D eigenvalue weighted by Crippen LogP contribution is 2.38. The van der Waals surface area contributed by atoms with Gasteiger partial charge in [0.15, 0.2) is 16.1 Å². The van der Waals surface area contributed by atoms with Gasteiger partial charge in [-0.05, 0) is 19.4 Å². The number of carbonyl (C=O) groups excluding carboxylic acids is 2. The lowest BCUT2D eigenvalue weighted by Crippen LogP contribution is -2.14. The molecule has 0 aliphatic carbocycles. The van der Waals surface area contributed by atoms with Crippen LogP contribution in [0.2, 0.25) is 0 Å². The van der Waals surface area contributed by atoms with Gasteiger partial charge in [0.25, 0.3) is 0 Å². The lowest BCUT2D eigenvalue weighted by atomic mass is 10.0. The van der Waals surface area contributed by atoms with Crippen molar-refractivity contribution in [1.82, 2.24) is 19.7 Å². The predicted octanol–water partition coefficient (Wildman–Crippen LogP) is 4.81. The predicted molar refractivity (Wildman–Crippen MR) is 136 cm³/mol. The fraction of sp³-hybridized carbons (Fsp3) is 0.261. The first-order chi connectivity index (χ1) is 16.5. The Morgan fingerprint density at radius 3 is 2.71 bits per heavy atom. The molecule has 0 bridgehead atoms. The van der Waals surface area contributed by atoms with Gasteiger partial charge in [-0.15, -0.1) is 32.9 Å². The van der Waals surface area contributed by atoms with E-state index in [9.17, 15) is 9.59 Å². The number of esters is 1. The highest BCUT2D eigenvalue weighted by Gasteiger charge is 2.19. The molecule has 0 atom stereocenters. The Hall–Kier alpha value is -3.02. The van der Waals surface area contributed by atoms with Gasteiger partial charge in [-0.25, -0.2) is 4.98 Å². The molecule has 3 heterocycles. The third kappa shape index (κ3) is 5.54. The Bertz CT molecular complexity index is 1300. The summed E-state index contributed by atoms with van der Waals surface area (Å²) in [5.74, 6) is 0.376. The molecular weight excluding hydrogens is 490 g/mol. The molecule has 1 aromatic carbocycles. The quantitative estimate of drug-likeness (QED) is 0.253. The number of anilines is 1. The van der Waals surface area contributed by atoms with Crippen molar-refractivity contribution in [1.29, 1.82) is 0 Å². The minimum Gasteiger partial charge on any atom is -0.466 e. The molecule has 3 aromatic heterocycles. The minimum absolute atomic E-state index is 0.0870. The number of hydrogen-bond acceptors (Lipinski definition) is 9. The van der Waals surface area contributed by atoms with Crippen LogP contribution in [0, 0.1) is 6.92 Å². The van der Waals surface area contributed by atoms with Crippen molar-refractivity contribution in [3.8, 4) is 22.5 Å². The molecule has 1 amide bonds. The molecule has 176 valence electrons. The number of nitrogens with one attached hydrogen (secondary N) is 1. The fourth-order valence-corrected chi connectivity index (χ4v) is 5.65. The lowest BCUT2D eigenvalue weighted by molar-refractivity contribution is -0.142. The first kappa shape index (κ1) is 24.1. The molecular formula is C23H23N5O3S3. The van der Waals surface area contributed by atoms with E-state index in [1.807, 2.05) is 29.8 Å². The molecule has 0 spiro atoms. The van der Waals surface area contributed by atoms with Gasteiger partial charge in [0.2, 0.25) is 5.91 Å². The van der Waals surface area contributed by atoms with E-state index in [4.69, 9.17) is 4.74 Å². The third-order valence-electron chi connectivity index (χ3n) is 4.87. The van der Waals surface area contributed by atoms with E-state index in [1.54, 1.807) is 23.6 Å². The first-order valence-electron chi connectivity index (χ1n) is 10.5. The number of nitrogens with zero attached hydrogens (tertiary/aromatic N) is 4. The van der Waals surface area contributed by atoms with Crippen LogP contribution in [0.4, 0.5) is 5.13 Å². The van der Waals surface area contributed by atoms with Crippen LogP contribution in [-0.2, 0) is 27.8 Å². The van der Waals surface area contributed by atoms with Crippen molar-refractivity contribution < 1.29 is 14.3 Å². The van der Waals surface area contributed by atoms with Crippen LogP contribution < -0.4 is 5.32 Å². The fourth-order valence-electron chi connectivity index (χ4n) is 3.35. The summed E-state index contributed by atoms with van der Waals surface area (Å²) in [5, 5.41) is 16.4. The number of ether oxygens (including phenoxy) is 1. The topological polar surface area (TPSA) is 99.0 Å². The number of aromatic nitrogens is 4. The Kier molecular flexibility index (Phi) is 7.76. The Balaban J connectivity index is 1.40. The van der Waals surface area contributed by atoms with Gasteiger partial charge in [0, 0.05) is 33.8 Å². The van der Waals surface area contributed by atoms with Gasteiger partial charge < -0.3 is 14.6 Å². The molecule has 1 N–H and O–H groups in total. The SMILES string of the molecule is CCOC(=O)Cc1csc(NC(=O)CSc2nnc(-c3csc(C)c3-c3ccccc3)n2C)n1. The minimum atomic E-state index is -0.337. The molecule has 4 rings (SSSR count). The van der Waals surface area contributed by atoms with Crippen LogP contribution in [-0.4, -0.2) is 44.0 Å². The number of thiazole rings is 1. The number of thiophene rings is 1. The molecule has 0 saturated heterocycles. The Morgan fingerprint density at radius 2 is 1.94 bits per heavy atom. The smallest absolute Gasteiger partial charge is 0.311 e. The maximum atomic E-state index is 12.4. The van der Waals surface area contributed by atoms with Crippen molar-refractivity contribution >= 4 is 51.4 Å². The number of thioether (sulfide) groups is 1. The van der Waals surface area contributed by atoms with E-state index in [0.717, 1.165) is 22.5 Å². The summed E-state index contributed by atoms with van der Waals surface area (Å²) < 4.78 is 6.83. The van der Waals surface area contributed by atoms with Crippen molar-refractivity contribution in [2.75, 3.05) is 17.7 Å². The zero-order valence-corrected chi connectivity index (χ0v) is 21.4. The Labute approximate surface area is 209 Å². The maximum Gasteiger partial charge on any atom is 0.311 e. The molecule has 0 aliphatic rings. The number of carbonyl (C=O) groups is 2. The number of hydrogen-bond donors (Lipinski definition) is 1. The summed E-state index contributed by atoms with van der Waals surface area (Å²) in [4.78, 5) is 29.5. The first-order valence-corrected chi connectivity index (χ1v) is 13.3. The standard InChI is InChI=1S/C23H23N5O3S3/c1-4-31-19(30)10-16-11-33-22(24-16)25-18(29)13-34-23-27-26-21(28(23)3)17-12-32-14(2)20(17)15-8-6-5-7-9-15/h5-9,11-12H,4,10,13H2,1-3H3,(H,24,25,29). The van der Waals surface area contributed by atoms with E-state index in [1.165, 1.54) is 28.0 Å². The van der Waals surface area contributed by atoms with Crippen molar-refractivity contribution in [3.05, 3.63) is 51.7 Å². The average Bonchev–Trinajstić information content (AvgIpc) is 3.52. The van der Waals surface area contributed by atoms with Crippen molar-refractivity contribution in [2.45, 2.75) is 25.4 Å². The van der Waals surface area contributed by atoms with Gasteiger partial charge in [-0.2, -0.15) is 0 Å². The van der Waals surface area contributed by atoms with Crippen LogP contribution in [0.25, 0.3) is 22.5 Å². The lowest BCUT2D eigenvalue weighted by Gasteiger charge is -2.07. The van der Waals surface area contributed by atoms with Gasteiger partial charge in [0.05, 0.1) is 24.5 Å². The highest BCUT2D eigenvalue weighted by atomic mass is 32.2. The summed E-state index contributed by atoms with van der Waals surface area (Å²) in [6, 6.07) is 10.2. The van der Waals surface area contributed by atoms with E-state index in [2.05, 4.69) is 44.9 Å². The van der Waals surface area contributed by atoms with E-state index in [0.29, 0.717) is 22.6 Å². The van der Waals surface area contributed by atoms with Crippen LogP contribution in [0.3, 0.4) is 0 Å². The van der Waals surface area contributed by atoms with Crippen LogP contribution in [0.15, 0.2) is 46.2 Å². The van der Waals surface area contributed by atoms with Crippen LogP contribution in [0.1, 0.15) is 17.5 Å². The summed E-state index contributed by atoms with van der Waals surface area (Å²) in [6.45, 7) is 4.18. The van der Waals surface area contributed by atoms with Gasteiger partial charge in [0.1, 0.15) is 0 Å². The summed E-state index contributed by atoms with van der Waals surface area (Å²) in [7, 11) is 1.90. The van der Waals surface area contributed by atoms with Crippen molar-refractivity contribution in [2.24, 2.45) is 7.05 Å². The number of aryl methyl sites for hydroxylation is 1. The van der Waals surface area contributed by atoms with Gasteiger partial charge in [-0.1, -0.05) is 42.1 Å². The number of rotatable bonds is 9. The molecule has 0 aliphatic heterocycles. The molecule has 34 heavy (non-hydrogen) atoms. The zero-order chi connectivity index (χ0) is 24.1. The van der Waals surface area contributed by atoms with Gasteiger partial charge in [-0.3, -0.25) is 9.59 Å². The molecule has 0 radical (unpaired) electrons. The van der Waals surface area contributed by atoms with E-state index >= 15 is 0 Å². The van der Waals surface area contributed by atoms with Crippen LogP contribution >= 0.6 is 34.4 Å². The van der Waals surface area contributed by atoms with Crippen LogP contribution in [0.5, 0.6) is 0 Å². The molecule has 0 fully saturated rings. The normalized spacial score (nSPS) is 10.9. The third-order valence-corrected chi connectivity index (χ3v) is 7.61. The number of benzene rings is 1. The molecule has 4 aromatic rings. The zero-order valence-electron chi connectivity index (χ0n) is 18.9. The molecule has 8 nitrogen and oxygen atoms in total. The second-order valence-electron chi connectivity index (χ2n) is 7.27. The van der Waals surface area contributed by atoms with E-state index < -0.39 is 0 Å². The summed E-state index contributed by atoms with van der Waals surface area (Å²) in [6.07, 6.45) is 0.0870. The monoisotopic (exact) mass is 513 g/mol. The van der Waals surface area contributed by atoms with Crippen molar-refractivity contribution in [3.63, 3.8) is 0 Å². The largest absolute Gasteiger partial charge is 0.466 e. The second-order valence-corrected chi connectivity index (χ2v) is 10.2. The Morgan fingerprint density at radius 1 is 1.15 bits per heavy atom. The summed E-state index contributed by atoms with van der Waals surface area (Å²) in [5.41, 5.74) is 3.89. The maximum absolute atomic E-state index is 12.4. The molecule has 11 heteroatoms.